The highest BCUT2D eigenvalue weighted by atomic mass is 35.5. The molecule has 0 radical (unpaired) electrons. The van der Waals surface area contributed by atoms with Crippen LogP contribution < -0.4 is 5.32 Å². The molecule has 4 rings (SSSR count). The fraction of sp³-hybridized carbons (Fsp3) is 0.0870. The van der Waals surface area contributed by atoms with E-state index in [4.69, 9.17) is 16.0 Å². The fourth-order valence-corrected chi connectivity index (χ4v) is 4.35. The highest BCUT2D eigenvalue weighted by molar-refractivity contribution is 7.91. The van der Waals surface area contributed by atoms with E-state index in [0.29, 0.717) is 16.3 Å². The Morgan fingerprint density at radius 3 is 2.27 bits per heavy atom. The molecule has 0 atom stereocenters. The van der Waals surface area contributed by atoms with Gasteiger partial charge in [-0.05, 0) is 62.4 Å². The van der Waals surface area contributed by atoms with Crippen molar-refractivity contribution < 1.29 is 12.8 Å². The number of sulfone groups is 1. The summed E-state index contributed by atoms with van der Waals surface area (Å²) in [6.45, 7) is 3.92. The zero-order valence-electron chi connectivity index (χ0n) is 16.4. The van der Waals surface area contributed by atoms with E-state index in [1.54, 1.807) is 0 Å². The van der Waals surface area contributed by atoms with Crippen molar-refractivity contribution in [3.63, 3.8) is 0 Å². The van der Waals surface area contributed by atoms with Crippen molar-refractivity contribution in [2.45, 2.75) is 23.8 Å². The third-order valence-electron chi connectivity index (χ3n) is 4.55. The van der Waals surface area contributed by atoms with Crippen molar-refractivity contribution in [1.29, 1.82) is 0 Å². The van der Waals surface area contributed by atoms with Gasteiger partial charge in [0.1, 0.15) is 0 Å². The largest absolute Gasteiger partial charge is 0.419 e. The first-order chi connectivity index (χ1) is 14.3. The Labute approximate surface area is 180 Å². The summed E-state index contributed by atoms with van der Waals surface area (Å²) in [7, 11) is -3.94. The molecule has 3 aromatic carbocycles. The normalized spacial score (nSPS) is 11.4. The topological polar surface area (TPSA) is 72.2 Å². The molecule has 0 fully saturated rings. The number of hydrogen-bond donors (Lipinski definition) is 1. The van der Waals surface area contributed by atoms with Crippen LogP contribution in [0.4, 0.5) is 11.6 Å². The first-order valence-corrected chi connectivity index (χ1v) is 11.1. The van der Waals surface area contributed by atoms with E-state index in [2.05, 4.69) is 10.3 Å². The van der Waals surface area contributed by atoms with Crippen LogP contribution in [0.2, 0.25) is 5.02 Å². The van der Waals surface area contributed by atoms with Crippen molar-refractivity contribution in [2.24, 2.45) is 0 Å². The minimum absolute atomic E-state index is 0.0605. The summed E-state index contributed by atoms with van der Waals surface area (Å²) in [6, 6.07) is 21.0. The van der Waals surface area contributed by atoms with E-state index < -0.39 is 9.84 Å². The van der Waals surface area contributed by atoms with Crippen LogP contribution in [0.3, 0.4) is 0 Å². The Hall–Kier alpha value is -3.09. The van der Waals surface area contributed by atoms with Crippen LogP contribution in [0.25, 0.3) is 11.5 Å². The number of nitrogens with zero attached hydrogens (tertiary/aromatic N) is 1. The van der Waals surface area contributed by atoms with Crippen LogP contribution in [-0.2, 0) is 9.84 Å². The van der Waals surface area contributed by atoms with Crippen LogP contribution in [0.15, 0.2) is 87.1 Å². The lowest BCUT2D eigenvalue weighted by molar-refractivity contribution is 0.582. The van der Waals surface area contributed by atoms with Gasteiger partial charge >= 0.3 is 0 Å². The molecular formula is C23H19ClN2O3S. The molecule has 7 heteroatoms. The quantitative estimate of drug-likeness (QED) is 0.402. The summed E-state index contributed by atoms with van der Waals surface area (Å²) in [4.78, 5) is 4.44. The summed E-state index contributed by atoms with van der Waals surface area (Å²) in [5, 5.41) is 3.33. The molecule has 1 heterocycles. The number of aryl methyl sites for hydroxylation is 2. The summed E-state index contributed by atoms with van der Waals surface area (Å²) in [6.07, 6.45) is 0. The predicted molar refractivity (Wildman–Crippen MR) is 118 cm³/mol. The number of nitrogens with one attached hydrogen (secondary N) is 1. The number of benzene rings is 3. The van der Waals surface area contributed by atoms with Crippen LogP contribution >= 0.6 is 11.6 Å². The van der Waals surface area contributed by atoms with Gasteiger partial charge in [-0.1, -0.05) is 47.0 Å². The Morgan fingerprint density at radius 1 is 0.900 bits per heavy atom. The van der Waals surface area contributed by atoms with Gasteiger partial charge in [-0.25, -0.2) is 8.42 Å². The molecule has 0 aliphatic rings. The molecule has 0 aliphatic heterocycles. The third kappa shape index (κ3) is 4.10. The Kier molecular flexibility index (Phi) is 5.37. The summed E-state index contributed by atoms with van der Waals surface area (Å²) < 4.78 is 32.5. The Bertz CT molecular complexity index is 1300. The van der Waals surface area contributed by atoms with Gasteiger partial charge < -0.3 is 9.73 Å². The maximum absolute atomic E-state index is 13.3. The summed E-state index contributed by atoms with van der Waals surface area (Å²) in [5.41, 5.74) is 3.49. The molecule has 1 aromatic heterocycles. The van der Waals surface area contributed by atoms with Crippen molar-refractivity contribution in [3.05, 3.63) is 88.9 Å². The van der Waals surface area contributed by atoms with E-state index in [0.717, 1.165) is 11.1 Å². The molecule has 0 bridgehead atoms. The number of anilines is 2. The molecule has 1 N–H and O–H groups in total. The molecule has 5 nitrogen and oxygen atoms in total. The van der Waals surface area contributed by atoms with Crippen LogP contribution in [0.1, 0.15) is 11.1 Å². The SMILES string of the molecule is Cc1ccc(Nc2oc(-c3cccc(C)c3)nc2S(=O)(=O)c2ccc(Cl)cc2)cc1. The van der Waals surface area contributed by atoms with Gasteiger partial charge in [-0.15, -0.1) is 0 Å². The van der Waals surface area contributed by atoms with Gasteiger partial charge in [0.15, 0.2) is 0 Å². The monoisotopic (exact) mass is 438 g/mol. The van der Waals surface area contributed by atoms with Gasteiger partial charge in [0.2, 0.25) is 26.6 Å². The molecule has 152 valence electrons. The number of hydrogen-bond acceptors (Lipinski definition) is 5. The average Bonchev–Trinajstić information content (AvgIpc) is 3.15. The molecule has 0 aliphatic carbocycles. The molecule has 0 saturated carbocycles. The lowest BCUT2D eigenvalue weighted by Gasteiger charge is -2.06. The van der Waals surface area contributed by atoms with E-state index in [1.165, 1.54) is 24.3 Å². The van der Waals surface area contributed by atoms with Gasteiger partial charge in [0.25, 0.3) is 0 Å². The van der Waals surface area contributed by atoms with Crippen molar-refractivity contribution in [3.8, 4) is 11.5 Å². The highest BCUT2D eigenvalue weighted by Crippen LogP contribution is 2.34. The van der Waals surface area contributed by atoms with E-state index >= 15 is 0 Å². The zero-order valence-corrected chi connectivity index (χ0v) is 18.0. The molecule has 4 aromatic rings. The van der Waals surface area contributed by atoms with Gasteiger partial charge in [-0.3, -0.25) is 0 Å². The summed E-state index contributed by atoms with van der Waals surface area (Å²) in [5.74, 6) is 0.283. The second kappa shape index (κ2) is 7.97. The van der Waals surface area contributed by atoms with Crippen LogP contribution in [0.5, 0.6) is 0 Å². The maximum Gasteiger partial charge on any atom is 0.238 e. The number of halogens is 1. The average molecular weight is 439 g/mol. The standard InChI is InChI=1S/C23H19ClN2O3S/c1-15-6-10-19(11-7-15)25-22-23(30(27,28)20-12-8-18(24)9-13-20)26-21(29-22)17-5-3-4-16(2)14-17/h3-14,25H,1-2H3. The van der Waals surface area contributed by atoms with Crippen molar-refractivity contribution in [1.82, 2.24) is 4.98 Å². The second-order valence-corrected chi connectivity index (χ2v) is 9.27. The third-order valence-corrected chi connectivity index (χ3v) is 6.48. The van der Waals surface area contributed by atoms with Crippen LogP contribution in [0, 0.1) is 13.8 Å². The van der Waals surface area contributed by atoms with Crippen LogP contribution in [-0.4, -0.2) is 13.4 Å². The van der Waals surface area contributed by atoms with E-state index in [-0.39, 0.29) is 21.7 Å². The first-order valence-electron chi connectivity index (χ1n) is 9.25. The Morgan fingerprint density at radius 2 is 1.60 bits per heavy atom. The minimum Gasteiger partial charge on any atom is -0.419 e. The molecule has 30 heavy (non-hydrogen) atoms. The number of oxazole rings is 1. The van der Waals surface area contributed by atoms with Gasteiger partial charge in [0, 0.05) is 16.3 Å². The predicted octanol–water partition coefficient (Wildman–Crippen LogP) is 6.19. The highest BCUT2D eigenvalue weighted by Gasteiger charge is 2.28. The molecule has 0 spiro atoms. The molecule has 0 unspecified atom stereocenters. The smallest absolute Gasteiger partial charge is 0.238 e. The number of rotatable bonds is 5. The zero-order chi connectivity index (χ0) is 21.3. The lowest BCUT2D eigenvalue weighted by Crippen LogP contribution is -2.05. The van der Waals surface area contributed by atoms with Gasteiger partial charge in [-0.2, -0.15) is 4.98 Å². The van der Waals surface area contributed by atoms with E-state index in [1.807, 2.05) is 62.4 Å². The Balaban J connectivity index is 1.84. The van der Waals surface area contributed by atoms with Gasteiger partial charge in [0.05, 0.1) is 4.90 Å². The van der Waals surface area contributed by atoms with Crippen molar-refractivity contribution in [2.75, 3.05) is 5.32 Å². The second-order valence-electron chi connectivity index (χ2n) is 6.97. The summed E-state index contributed by atoms with van der Waals surface area (Å²) >= 11 is 5.92. The maximum atomic E-state index is 13.3. The molecule has 0 saturated heterocycles. The molecule has 0 amide bonds. The minimum atomic E-state index is -3.94. The van der Waals surface area contributed by atoms with Crippen molar-refractivity contribution >= 4 is 33.0 Å². The first kappa shape index (κ1) is 20.2. The number of aromatic nitrogens is 1. The lowest BCUT2D eigenvalue weighted by atomic mass is 10.1. The fourth-order valence-electron chi connectivity index (χ4n) is 2.96. The molecular weight excluding hydrogens is 420 g/mol. The van der Waals surface area contributed by atoms with E-state index in [9.17, 15) is 8.42 Å².